The number of esters is 1. The third-order valence-electron chi connectivity index (χ3n) is 5.08. The number of fused-ring (bicyclic) bond motifs is 2. The number of nitrogens with two attached hydrogens (primary N) is 1. The zero-order valence-electron chi connectivity index (χ0n) is 18.4. The van der Waals surface area contributed by atoms with Gasteiger partial charge < -0.3 is 30.4 Å². The number of aromatic amines is 1. The summed E-state index contributed by atoms with van der Waals surface area (Å²) < 4.78 is 33.7. The number of nitrogens with one attached hydrogen (secondary N) is 2. The second-order valence-corrected chi connectivity index (χ2v) is 7.86. The van der Waals surface area contributed by atoms with Crippen LogP contribution >= 0.6 is 0 Å². The van der Waals surface area contributed by atoms with Crippen LogP contribution in [0.15, 0.2) is 29.4 Å². The van der Waals surface area contributed by atoms with E-state index >= 15 is 0 Å². The van der Waals surface area contributed by atoms with E-state index in [9.17, 15) is 9.18 Å². The van der Waals surface area contributed by atoms with E-state index in [1.54, 1.807) is 42.9 Å². The van der Waals surface area contributed by atoms with Gasteiger partial charge in [0.15, 0.2) is 11.6 Å². The lowest BCUT2D eigenvalue weighted by Crippen LogP contribution is -2.33. The lowest BCUT2D eigenvalue weighted by molar-refractivity contribution is -0.150. The van der Waals surface area contributed by atoms with Crippen molar-refractivity contribution in [3.8, 4) is 11.5 Å². The maximum Gasteiger partial charge on any atom is 0.323 e. The van der Waals surface area contributed by atoms with Gasteiger partial charge in [-0.2, -0.15) is 0 Å². The molecular formula is C22H26FN5O4. The molecule has 0 spiro atoms. The molecule has 0 saturated heterocycles. The molecule has 9 nitrogen and oxygen atoms in total. The first-order valence-electron chi connectivity index (χ1n) is 10.3. The molecule has 2 aromatic heterocycles. The number of aromatic nitrogens is 2. The fourth-order valence-electron chi connectivity index (χ4n) is 3.47. The highest BCUT2D eigenvalue weighted by Crippen LogP contribution is 2.30. The van der Waals surface area contributed by atoms with Gasteiger partial charge in [-0.25, -0.2) is 9.38 Å². The Kier molecular flexibility index (Phi) is 5.79. The first-order chi connectivity index (χ1) is 15.2. The SMILES string of the molecule is Cc1cc2c(F)c(OC3=NCNn4cc(OC[C@@H](C)OC(=O)[C@H](C)N)c(C)c43)ccc2[nH]1. The van der Waals surface area contributed by atoms with E-state index in [0.717, 1.165) is 11.3 Å². The van der Waals surface area contributed by atoms with Crippen LogP contribution in [-0.4, -0.2) is 46.9 Å². The molecule has 4 N–H and O–H groups in total. The van der Waals surface area contributed by atoms with Crippen LogP contribution in [-0.2, 0) is 9.53 Å². The van der Waals surface area contributed by atoms with Gasteiger partial charge in [0.2, 0.25) is 5.90 Å². The van der Waals surface area contributed by atoms with Crippen molar-refractivity contribution in [2.45, 2.75) is 39.8 Å². The number of ether oxygens (including phenoxy) is 3. The quantitative estimate of drug-likeness (QED) is 0.505. The maximum atomic E-state index is 15.0. The Labute approximate surface area is 184 Å². The van der Waals surface area contributed by atoms with Crippen LogP contribution < -0.4 is 20.6 Å². The van der Waals surface area contributed by atoms with Crippen LogP contribution in [0, 0.1) is 19.7 Å². The molecule has 1 aromatic carbocycles. The molecule has 170 valence electrons. The highest BCUT2D eigenvalue weighted by atomic mass is 19.1. The van der Waals surface area contributed by atoms with Crippen LogP contribution in [0.5, 0.6) is 11.5 Å². The third kappa shape index (κ3) is 4.13. The summed E-state index contributed by atoms with van der Waals surface area (Å²) in [5, 5.41) is 0.459. The zero-order chi connectivity index (χ0) is 23.0. The van der Waals surface area contributed by atoms with Crippen LogP contribution in [0.2, 0.25) is 0 Å². The molecular weight excluding hydrogens is 417 g/mol. The monoisotopic (exact) mass is 443 g/mol. The topological polar surface area (TPSA) is 116 Å². The van der Waals surface area contributed by atoms with Gasteiger partial charge in [0.25, 0.3) is 0 Å². The Bertz CT molecular complexity index is 1200. The average molecular weight is 443 g/mol. The standard InChI is InChI=1S/C22H26FN5O4/c1-11-7-15-16(27-11)5-6-17(19(15)23)32-21-20-13(3)18(8-28(20)26-10-25-21)30-9-12(2)31-22(29)14(4)24/h5-8,12,14,26-27H,9-10,24H2,1-4H3/t12-,14+/m1/s1. The normalized spacial score (nSPS) is 14.9. The number of aliphatic imine (C=N–C) groups is 1. The van der Waals surface area contributed by atoms with Crippen molar-refractivity contribution in [3.63, 3.8) is 0 Å². The summed E-state index contributed by atoms with van der Waals surface area (Å²) in [4.78, 5) is 19.1. The summed E-state index contributed by atoms with van der Waals surface area (Å²) in [6, 6.07) is 4.39. The number of nitrogens with zero attached hydrogens (tertiary/aromatic N) is 2. The van der Waals surface area contributed by atoms with Crippen molar-refractivity contribution in [1.29, 1.82) is 0 Å². The molecule has 10 heteroatoms. The Morgan fingerprint density at radius 3 is 2.84 bits per heavy atom. The predicted molar refractivity (Wildman–Crippen MR) is 118 cm³/mol. The lowest BCUT2D eigenvalue weighted by Gasteiger charge is -2.19. The van der Waals surface area contributed by atoms with E-state index in [1.807, 2.05) is 13.8 Å². The van der Waals surface area contributed by atoms with Gasteiger partial charge in [0, 0.05) is 22.2 Å². The number of carbonyl (C=O) groups is 1. The minimum atomic E-state index is -0.698. The van der Waals surface area contributed by atoms with Gasteiger partial charge in [-0.1, -0.05) is 0 Å². The van der Waals surface area contributed by atoms with Crippen molar-refractivity contribution < 1.29 is 23.4 Å². The summed E-state index contributed by atoms with van der Waals surface area (Å²) in [5.41, 5.74) is 11.5. The van der Waals surface area contributed by atoms with Crippen molar-refractivity contribution in [2.24, 2.45) is 10.7 Å². The van der Waals surface area contributed by atoms with Gasteiger partial charge in [0.05, 0.1) is 6.20 Å². The molecule has 0 bridgehead atoms. The summed E-state index contributed by atoms with van der Waals surface area (Å²) in [5.74, 6) is -0.0204. The van der Waals surface area contributed by atoms with Crippen molar-refractivity contribution >= 4 is 22.8 Å². The van der Waals surface area contributed by atoms with Crippen molar-refractivity contribution in [3.05, 3.63) is 47.2 Å². The number of aryl methyl sites for hydroxylation is 1. The molecule has 3 aromatic rings. The lowest BCUT2D eigenvalue weighted by atomic mass is 10.2. The number of carbonyl (C=O) groups excluding carboxylic acids is 1. The molecule has 32 heavy (non-hydrogen) atoms. The zero-order valence-corrected chi connectivity index (χ0v) is 18.4. The largest absolute Gasteiger partial charge is 0.488 e. The fraction of sp³-hybridized carbons (Fsp3) is 0.364. The molecule has 3 heterocycles. The first kappa shape index (κ1) is 21.7. The number of hydrogen-bond donors (Lipinski definition) is 3. The summed E-state index contributed by atoms with van der Waals surface area (Å²) >= 11 is 0. The fourth-order valence-corrected chi connectivity index (χ4v) is 3.47. The third-order valence-corrected chi connectivity index (χ3v) is 5.08. The molecule has 1 aliphatic heterocycles. The molecule has 0 aliphatic carbocycles. The van der Waals surface area contributed by atoms with Crippen LogP contribution in [0.25, 0.3) is 10.9 Å². The molecule has 0 amide bonds. The highest BCUT2D eigenvalue weighted by molar-refractivity contribution is 5.97. The molecule has 1 aliphatic rings. The van der Waals surface area contributed by atoms with E-state index in [1.165, 1.54) is 0 Å². The van der Waals surface area contributed by atoms with Crippen LogP contribution in [0.1, 0.15) is 30.8 Å². The molecule has 0 radical (unpaired) electrons. The Morgan fingerprint density at radius 2 is 2.09 bits per heavy atom. The Balaban J connectivity index is 1.52. The van der Waals surface area contributed by atoms with Crippen molar-refractivity contribution in [2.75, 3.05) is 18.7 Å². The summed E-state index contributed by atoms with van der Waals surface area (Å²) in [6.07, 6.45) is 1.27. The smallest absolute Gasteiger partial charge is 0.323 e. The molecule has 4 rings (SSSR count). The number of hydrogen-bond acceptors (Lipinski definition) is 7. The molecule has 2 atom stereocenters. The summed E-state index contributed by atoms with van der Waals surface area (Å²) in [7, 11) is 0. The van der Waals surface area contributed by atoms with E-state index in [-0.39, 0.29) is 24.9 Å². The summed E-state index contributed by atoms with van der Waals surface area (Å²) in [6.45, 7) is 7.40. The predicted octanol–water partition coefficient (Wildman–Crippen LogP) is 2.72. The average Bonchev–Trinajstić information content (AvgIpc) is 3.29. The second-order valence-electron chi connectivity index (χ2n) is 7.86. The molecule has 0 unspecified atom stereocenters. The maximum absolute atomic E-state index is 15.0. The van der Waals surface area contributed by atoms with Crippen LogP contribution in [0.3, 0.4) is 0 Å². The van der Waals surface area contributed by atoms with E-state index in [4.69, 9.17) is 19.9 Å². The second kappa shape index (κ2) is 8.54. The number of halogens is 1. The van der Waals surface area contributed by atoms with Crippen LogP contribution in [0.4, 0.5) is 4.39 Å². The minimum absolute atomic E-state index is 0.0863. The van der Waals surface area contributed by atoms with Gasteiger partial charge in [-0.3, -0.25) is 9.47 Å². The van der Waals surface area contributed by atoms with E-state index < -0.39 is 23.9 Å². The Hall–Kier alpha value is -3.53. The number of rotatable bonds is 6. The van der Waals surface area contributed by atoms with E-state index in [2.05, 4.69) is 15.4 Å². The van der Waals surface area contributed by atoms with Crippen molar-refractivity contribution in [1.82, 2.24) is 9.66 Å². The first-order valence-corrected chi connectivity index (χ1v) is 10.3. The highest BCUT2D eigenvalue weighted by Gasteiger charge is 2.25. The number of benzene rings is 1. The molecule has 0 fully saturated rings. The Morgan fingerprint density at radius 1 is 1.31 bits per heavy atom. The van der Waals surface area contributed by atoms with Gasteiger partial charge in [-0.05, 0) is 45.9 Å². The van der Waals surface area contributed by atoms with E-state index in [0.29, 0.717) is 22.3 Å². The number of H-pyrrole nitrogens is 1. The minimum Gasteiger partial charge on any atom is -0.488 e. The van der Waals surface area contributed by atoms with Gasteiger partial charge in [-0.15, -0.1) is 0 Å². The van der Waals surface area contributed by atoms with Gasteiger partial charge in [0.1, 0.15) is 36.9 Å². The van der Waals surface area contributed by atoms with Gasteiger partial charge >= 0.3 is 5.97 Å². The molecule has 0 saturated carbocycles.